The maximum Gasteiger partial charge on any atom is 0.344 e. The molecule has 0 atom stereocenters. The molecule has 6 nitrogen and oxygen atoms in total. The van der Waals surface area contributed by atoms with Crippen molar-refractivity contribution in [2.45, 2.75) is 52.0 Å². The number of aryl methyl sites for hydroxylation is 2. The summed E-state index contributed by atoms with van der Waals surface area (Å²) in [5.74, 6) is 0.298. The Balaban J connectivity index is 1.70. The van der Waals surface area contributed by atoms with Crippen LogP contribution in [0.4, 0.5) is 10.5 Å². The van der Waals surface area contributed by atoms with Gasteiger partial charge in [-0.25, -0.2) is 4.79 Å². The molecule has 1 saturated carbocycles. The SMILES string of the molecule is Cc1cc(C)c(NC(=S)NN2C(=O)NC3(CCC(C)CC3)C2=O)c(Cl)c1. The zero-order valence-electron chi connectivity index (χ0n) is 15.1. The molecular formula is C18H23ClN4O2S. The van der Waals surface area contributed by atoms with E-state index in [2.05, 4.69) is 23.0 Å². The van der Waals surface area contributed by atoms with Gasteiger partial charge in [-0.1, -0.05) is 24.6 Å². The zero-order valence-corrected chi connectivity index (χ0v) is 16.7. The van der Waals surface area contributed by atoms with Gasteiger partial charge >= 0.3 is 6.03 Å². The topological polar surface area (TPSA) is 73.5 Å². The van der Waals surface area contributed by atoms with Crippen LogP contribution in [0.15, 0.2) is 12.1 Å². The zero-order chi connectivity index (χ0) is 19.1. The normalized spacial score (nSPS) is 25.4. The van der Waals surface area contributed by atoms with Crippen molar-refractivity contribution in [3.8, 4) is 0 Å². The molecule has 26 heavy (non-hydrogen) atoms. The number of amides is 3. The fourth-order valence-corrected chi connectivity index (χ4v) is 4.19. The predicted octanol–water partition coefficient (Wildman–Crippen LogP) is 3.66. The van der Waals surface area contributed by atoms with Crippen LogP contribution in [0.2, 0.25) is 5.02 Å². The number of imide groups is 1. The molecule has 1 saturated heterocycles. The molecule has 3 amide bonds. The molecule has 2 aliphatic rings. The van der Waals surface area contributed by atoms with Gasteiger partial charge in [-0.3, -0.25) is 10.2 Å². The maximum atomic E-state index is 12.8. The molecule has 1 aliphatic carbocycles. The van der Waals surface area contributed by atoms with Crippen LogP contribution in [0.1, 0.15) is 43.7 Å². The van der Waals surface area contributed by atoms with Gasteiger partial charge in [-0.15, -0.1) is 0 Å². The number of anilines is 1. The van der Waals surface area contributed by atoms with Gasteiger partial charge in [0.1, 0.15) is 5.54 Å². The van der Waals surface area contributed by atoms with Gasteiger partial charge in [0, 0.05) is 0 Å². The number of nitrogens with zero attached hydrogens (tertiary/aromatic N) is 1. The van der Waals surface area contributed by atoms with E-state index in [1.54, 1.807) is 0 Å². The lowest BCUT2D eigenvalue weighted by atomic mass is 9.77. The number of carbonyl (C=O) groups is 2. The lowest BCUT2D eigenvalue weighted by Gasteiger charge is -2.33. The standard InChI is InChI=1S/C18H23ClN4O2S/c1-10-4-6-18(7-5-10)15(24)23(17(25)21-18)22-16(26)20-14-12(3)8-11(2)9-13(14)19/h8-10H,4-7H2,1-3H3,(H,21,25)(H2,20,22,26). The van der Waals surface area contributed by atoms with Gasteiger partial charge in [0.15, 0.2) is 5.11 Å². The van der Waals surface area contributed by atoms with E-state index in [1.807, 2.05) is 26.0 Å². The summed E-state index contributed by atoms with van der Waals surface area (Å²) in [6.07, 6.45) is 3.14. The molecule has 0 unspecified atom stereocenters. The average Bonchev–Trinajstić information content (AvgIpc) is 2.78. The average molecular weight is 395 g/mol. The highest BCUT2D eigenvalue weighted by Gasteiger charge is 2.52. The lowest BCUT2D eigenvalue weighted by Crippen LogP contribution is -2.52. The fourth-order valence-electron chi connectivity index (χ4n) is 3.63. The minimum atomic E-state index is -0.802. The van der Waals surface area contributed by atoms with Gasteiger partial charge in [0.25, 0.3) is 5.91 Å². The number of halogens is 1. The van der Waals surface area contributed by atoms with E-state index in [0.29, 0.717) is 29.5 Å². The number of thiocarbonyl (C=S) groups is 1. The molecule has 1 aliphatic heterocycles. The predicted molar refractivity (Wildman–Crippen MR) is 106 cm³/mol. The van der Waals surface area contributed by atoms with Gasteiger partial charge < -0.3 is 10.6 Å². The summed E-state index contributed by atoms with van der Waals surface area (Å²) in [6, 6.07) is 3.33. The van der Waals surface area contributed by atoms with Gasteiger partial charge in [-0.2, -0.15) is 5.01 Å². The summed E-state index contributed by atoms with van der Waals surface area (Å²) in [7, 11) is 0. The second-order valence-electron chi connectivity index (χ2n) is 7.34. The van der Waals surface area contributed by atoms with Crippen LogP contribution in [0.5, 0.6) is 0 Å². The first-order valence-electron chi connectivity index (χ1n) is 8.73. The quantitative estimate of drug-likeness (QED) is 0.527. The van der Waals surface area contributed by atoms with Crippen LogP contribution in [-0.2, 0) is 4.79 Å². The van der Waals surface area contributed by atoms with Crippen molar-refractivity contribution >= 4 is 46.6 Å². The molecule has 2 fully saturated rings. The highest BCUT2D eigenvalue weighted by Crippen LogP contribution is 2.36. The number of benzene rings is 1. The Labute approximate surface area is 163 Å². The third-order valence-corrected chi connectivity index (χ3v) is 5.66. The van der Waals surface area contributed by atoms with Crippen molar-refractivity contribution in [2.24, 2.45) is 5.92 Å². The Bertz CT molecular complexity index is 751. The van der Waals surface area contributed by atoms with Crippen molar-refractivity contribution < 1.29 is 9.59 Å². The highest BCUT2D eigenvalue weighted by molar-refractivity contribution is 7.80. The number of hydrogen-bond acceptors (Lipinski definition) is 3. The summed E-state index contributed by atoms with van der Waals surface area (Å²) < 4.78 is 0. The maximum absolute atomic E-state index is 12.8. The molecule has 1 aromatic carbocycles. The minimum Gasteiger partial charge on any atom is -0.330 e. The van der Waals surface area contributed by atoms with E-state index in [0.717, 1.165) is 29.0 Å². The smallest absolute Gasteiger partial charge is 0.330 e. The van der Waals surface area contributed by atoms with Crippen molar-refractivity contribution in [2.75, 3.05) is 5.32 Å². The first kappa shape index (κ1) is 18.9. The molecule has 0 radical (unpaired) electrons. The molecule has 1 heterocycles. The molecule has 3 N–H and O–H groups in total. The largest absolute Gasteiger partial charge is 0.344 e. The lowest BCUT2D eigenvalue weighted by molar-refractivity contribution is -0.133. The molecular weight excluding hydrogens is 372 g/mol. The van der Waals surface area contributed by atoms with Crippen molar-refractivity contribution in [1.29, 1.82) is 0 Å². The molecule has 3 rings (SSSR count). The van der Waals surface area contributed by atoms with Gasteiger partial charge in [0.2, 0.25) is 0 Å². The van der Waals surface area contributed by atoms with Crippen molar-refractivity contribution in [3.05, 3.63) is 28.3 Å². The summed E-state index contributed by atoms with van der Waals surface area (Å²) in [6.45, 7) is 6.03. The van der Waals surface area contributed by atoms with Crippen LogP contribution >= 0.6 is 23.8 Å². The molecule has 1 aromatic rings. The Morgan fingerprint density at radius 3 is 2.58 bits per heavy atom. The third kappa shape index (κ3) is 3.50. The van der Waals surface area contributed by atoms with Crippen LogP contribution in [0.25, 0.3) is 0 Å². The second-order valence-corrected chi connectivity index (χ2v) is 8.16. The van der Waals surface area contributed by atoms with E-state index in [4.69, 9.17) is 23.8 Å². The van der Waals surface area contributed by atoms with E-state index in [9.17, 15) is 9.59 Å². The highest BCUT2D eigenvalue weighted by atomic mass is 35.5. The molecule has 8 heteroatoms. The van der Waals surface area contributed by atoms with Gasteiger partial charge in [-0.05, 0) is 74.9 Å². The Morgan fingerprint density at radius 2 is 1.96 bits per heavy atom. The Hall–Kier alpha value is -1.86. The van der Waals surface area contributed by atoms with E-state index >= 15 is 0 Å². The van der Waals surface area contributed by atoms with Crippen LogP contribution < -0.4 is 16.1 Å². The number of carbonyl (C=O) groups excluding carboxylic acids is 2. The van der Waals surface area contributed by atoms with Gasteiger partial charge in [0.05, 0.1) is 10.7 Å². The minimum absolute atomic E-state index is 0.142. The summed E-state index contributed by atoms with van der Waals surface area (Å²) in [5, 5.41) is 7.48. The first-order chi connectivity index (χ1) is 12.2. The van der Waals surface area contributed by atoms with Crippen molar-refractivity contribution in [3.63, 3.8) is 0 Å². The van der Waals surface area contributed by atoms with E-state index in [-0.39, 0.29) is 11.0 Å². The summed E-state index contributed by atoms with van der Waals surface area (Å²) in [4.78, 5) is 25.2. The number of hydrogen-bond donors (Lipinski definition) is 3. The van der Waals surface area contributed by atoms with E-state index in [1.165, 1.54) is 0 Å². The summed E-state index contributed by atoms with van der Waals surface area (Å²) in [5.41, 5.74) is 4.53. The third-order valence-electron chi connectivity index (χ3n) is 5.17. The van der Waals surface area contributed by atoms with Crippen molar-refractivity contribution in [1.82, 2.24) is 15.8 Å². The number of rotatable bonds is 2. The first-order valence-corrected chi connectivity index (χ1v) is 9.51. The number of nitrogens with one attached hydrogen (secondary N) is 3. The number of hydrazine groups is 1. The Morgan fingerprint density at radius 1 is 1.31 bits per heavy atom. The molecule has 0 bridgehead atoms. The van der Waals surface area contributed by atoms with Crippen LogP contribution in [-0.4, -0.2) is 27.6 Å². The summed E-state index contributed by atoms with van der Waals surface area (Å²) >= 11 is 11.6. The van der Waals surface area contributed by atoms with E-state index < -0.39 is 11.6 Å². The molecule has 0 aromatic heterocycles. The Kier molecular flexibility index (Phi) is 5.12. The van der Waals surface area contributed by atoms with Crippen LogP contribution in [0.3, 0.4) is 0 Å². The fraction of sp³-hybridized carbons (Fsp3) is 0.500. The second kappa shape index (κ2) is 7.04. The molecule has 140 valence electrons. The molecule has 1 spiro atoms. The monoisotopic (exact) mass is 394 g/mol. The van der Waals surface area contributed by atoms with Crippen LogP contribution in [0, 0.1) is 19.8 Å². The number of urea groups is 1.